The van der Waals surface area contributed by atoms with Gasteiger partial charge in [0.15, 0.2) is 0 Å². The number of hydrogen-bond acceptors (Lipinski definition) is 2. The molecule has 5 heteroatoms. The van der Waals surface area contributed by atoms with Crippen molar-refractivity contribution in [2.45, 2.75) is 6.54 Å². The second kappa shape index (κ2) is 6.04. The first-order chi connectivity index (χ1) is 9.08. The van der Waals surface area contributed by atoms with E-state index in [0.29, 0.717) is 22.2 Å². The summed E-state index contributed by atoms with van der Waals surface area (Å²) in [4.78, 5) is 17.8. The first-order valence-electron chi connectivity index (χ1n) is 5.67. The van der Waals surface area contributed by atoms with Crippen LogP contribution in [0.5, 0.6) is 0 Å². The van der Waals surface area contributed by atoms with Crippen molar-refractivity contribution in [2.24, 2.45) is 0 Å². The molecule has 1 heterocycles. The summed E-state index contributed by atoms with van der Waals surface area (Å²) in [5, 5.41) is 0.819. The third-order valence-corrected chi connectivity index (χ3v) is 3.42. The minimum absolute atomic E-state index is 0.102. The van der Waals surface area contributed by atoms with Crippen LogP contribution in [-0.4, -0.2) is 22.8 Å². The minimum atomic E-state index is -0.102. The number of nitrogens with zero attached hydrogens (tertiary/aromatic N) is 2. The van der Waals surface area contributed by atoms with Crippen molar-refractivity contribution in [3.63, 3.8) is 0 Å². The molecular weight excluding hydrogens is 283 g/mol. The summed E-state index contributed by atoms with van der Waals surface area (Å²) in [5.74, 6) is -0.102. The Hall–Kier alpha value is -1.58. The highest BCUT2D eigenvalue weighted by molar-refractivity contribution is 6.42. The molecule has 0 bridgehead atoms. The molecule has 0 aliphatic rings. The van der Waals surface area contributed by atoms with E-state index in [1.807, 2.05) is 12.1 Å². The number of rotatable bonds is 3. The van der Waals surface area contributed by atoms with Gasteiger partial charge in [0.25, 0.3) is 5.91 Å². The summed E-state index contributed by atoms with van der Waals surface area (Å²) in [5.41, 5.74) is 1.54. The zero-order valence-electron chi connectivity index (χ0n) is 10.3. The van der Waals surface area contributed by atoms with Gasteiger partial charge in [-0.05, 0) is 35.9 Å². The van der Waals surface area contributed by atoms with E-state index < -0.39 is 0 Å². The Morgan fingerprint density at radius 3 is 2.47 bits per heavy atom. The zero-order valence-corrected chi connectivity index (χ0v) is 11.8. The second-order valence-electron chi connectivity index (χ2n) is 4.15. The van der Waals surface area contributed by atoms with Crippen molar-refractivity contribution < 1.29 is 4.79 Å². The van der Waals surface area contributed by atoms with Gasteiger partial charge in [-0.3, -0.25) is 9.78 Å². The lowest BCUT2D eigenvalue weighted by molar-refractivity contribution is 0.0785. The Morgan fingerprint density at radius 1 is 1.16 bits per heavy atom. The van der Waals surface area contributed by atoms with Gasteiger partial charge in [0.2, 0.25) is 0 Å². The molecule has 0 aliphatic carbocycles. The predicted molar refractivity (Wildman–Crippen MR) is 76.5 cm³/mol. The molecular formula is C14H12Cl2N2O. The van der Waals surface area contributed by atoms with E-state index in [9.17, 15) is 4.79 Å². The molecule has 0 unspecified atom stereocenters. The van der Waals surface area contributed by atoms with Crippen LogP contribution in [0, 0.1) is 0 Å². The molecule has 0 spiro atoms. The Morgan fingerprint density at radius 2 is 1.84 bits per heavy atom. The first-order valence-corrected chi connectivity index (χ1v) is 6.43. The Bertz CT molecular complexity index is 587. The van der Waals surface area contributed by atoms with Gasteiger partial charge in [-0.2, -0.15) is 0 Å². The number of benzene rings is 1. The number of hydrogen-bond donors (Lipinski definition) is 0. The standard InChI is InChI=1S/C14H12Cl2N2O/c1-18(9-10-4-6-17-7-5-10)14(19)11-2-3-12(15)13(16)8-11/h2-8H,9H2,1H3. The van der Waals surface area contributed by atoms with Crippen LogP contribution in [0.2, 0.25) is 10.0 Å². The van der Waals surface area contributed by atoms with Crippen LogP contribution in [0.4, 0.5) is 0 Å². The van der Waals surface area contributed by atoms with E-state index in [-0.39, 0.29) is 5.91 Å². The smallest absolute Gasteiger partial charge is 0.253 e. The average Bonchev–Trinajstić information content (AvgIpc) is 2.42. The number of aromatic nitrogens is 1. The number of carbonyl (C=O) groups is 1. The van der Waals surface area contributed by atoms with Gasteiger partial charge >= 0.3 is 0 Å². The third kappa shape index (κ3) is 3.46. The highest BCUT2D eigenvalue weighted by Crippen LogP contribution is 2.23. The average molecular weight is 295 g/mol. The largest absolute Gasteiger partial charge is 0.337 e. The van der Waals surface area contributed by atoms with Crippen molar-refractivity contribution in [2.75, 3.05) is 7.05 Å². The molecule has 0 fully saturated rings. The van der Waals surface area contributed by atoms with Crippen molar-refractivity contribution in [3.8, 4) is 0 Å². The Labute approximate surface area is 121 Å². The van der Waals surface area contributed by atoms with Crippen LogP contribution in [0.3, 0.4) is 0 Å². The molecule has 0 saturated carbocycles. The first kappa shape index (κ1) is 13.8. The number of halogens is 2. The Kier molecular flexibility index (Phi) is 4.40. The van der Waals surface area contributed by atoms with E-state index >= 15 is 0 Å². The van der Waals surface area contributed by atoms with Crippen molar-refractivity contribution in [1.82, 2.24) is 9.88 Å². The molecule has 2 rings (SSSR count). The number of amides is 1. The van der Waals surface area contributed by atoms with E-state index in [2.05, 4.69) is 4.98 Å². The van der Waals surface area contributed by atoms with Crippen molar-refractivity contribution in [3.05, 3.63) is 63.9 Å². The second-order valence-corrected chi connectivity index (χ2v) is 4.96. The maximum atomic E-state index is 12.2. The van der Waals surface area contributed by atoms with Crippen LogP contribution >= 0.6 is 23.2 Å². The number of pyridine rings is 1. The maximum absolute atomic E-state index is 12.2. The van der Waals surface area contributed by atoms with E-state index in [1.165, 1.54) is 0 Å². The molecule has 0 saturated heterocycles. The van der Waals surface area contributed by atoms with Gasteiger partial charge < -0.3 is 4.90 Å². The molecule has 1 aromatic heterocycles. The predicted octanol–water partition coefficient (Wildman–Crippen LogP) is 3.66. The summed E-state index contributed by atoms with van der Waals surface area (Å²) >= 11 is 11.7. The molecule has 2 aromatic rings. The van der Waals surface area contributed by atoms with Gasteiger partial charge in [-0.15, -0.1) is 0 Å². The van der Waals surface area contributed by atoms with Crippen LogP contribution in [0.15, 0.2) is 42.7 Å². The zero-order chi connectivity index (χ0) is 13.8. The SMILES string of the molecule is CN(Cc1ccncc1)C(=O)c1ccc(Cl)c(Cl)c1. The topological polar surface area (TPSA) is 33.2 Å². The van der Waals surface area contributed by atoms with Crippen molar-refractivity contribution >= 4 is 29.1 Å². The van der Waals surface area contributed by atoms with Gasteiger partial charge in [-0.1, -0.05) is 23.2 Å². The lowest BCUT2D eigenvalue weighted by Gasteiger charge is -2.17. The molecule has 0 N–H and O–H groups in total. The van der Waals surface area contributed by atoms with Gasteiger partial charge in [0, 0.05) is 31.5 Å². The van der Waals surface area contributed by atoms with Crippen LogP contribution in [0.1, 0.15) is 15.9 Å². The van der Waals surface area contributed by atoms with Crippen LogP contribution in [0.25, 0.3) is 0 Å². The molecule has 98 valence electrons. The number of carbonyl (C=O) groups excluding carboxylic acids is 1. The molecule has 0 radical (unpaired) electrons. The lowest BCUT2D eigenvalue weighted by atomic mass is 10.2. The van der Waals surface area contributed by atoms with E-state index in [0.717, 1.165) is 5.56 Å². The third-order valence-electron chi connectivity index (χ3n) is 2.68. The molecule has 19 heavy (non-hydrogen) atoms. The van der Waals surface area contributed by atoms with Gasteiger partial charge in [-0.25, -0.2) is 0 Å². The normalized spacial score (nSPS) is 10.3. The fourth-order valence-corrected chi connectivity index (χ4v) is 1.98. The Balaban J connectivity index is 2.12. The van der Waals surface area contributed by atoms with Crippen LogP contribution < -0.4 is 0 Å². The lowest BCUT2D eigenvalue weighted by Crippen LogP contribution is -2.26. The maximum Gasteiger partial charge on any atom is 0.253 e. The highest BCUT2D eigenvalue weighted by atomic mass is 35.5. The van der Waals surface area contributed by atoms with Gasteiger partial charge in [0.1, 0.15) is 0 Å². The summed E-state index contributed by atoms with van der Waals surface area (Å²) in [6, 6.07) is 8.61. The van der Waals surface area contributed by atoms with E-state index in [4.69, 9.17) is 23.2 Å². The molecule has 0 aliphatic heterocycles. The summed E-state index contributed by atoms with van der Waals surface area (Å²) in [6.45, 7) is 0.515. The minimum Gasteiger partial charge on any atom is -0.337 e. The summed E-state index contributed by atoms with van der Waals surface area (Å²) in [7, 11) is 1.74. The molecule has 0 atom stereocenters. The van der Waals surface area contributed by atoms with Crippen LogP contribution in [-0.2, 0) is 6.54 Å². The molecule has 1 amide bonds. The molecule has 3 nitrogen and oxygen atoms in total. The van der Waals surface area contributed by atoms with Crippen molar-refractivity contribution in [1.29, 1.82) is 0 Å². The van der Waals surface area contributed by atoms with Gasteiger partial charge in [0.05, 0.1) is 10.0 Å². The molecule has 1 aromatic carbocycles. The highest BCUT2D eigenvalue weighted by Gasteiger charge is 2.13. The van der Waals surface area contributed by atoms with E-state index in [1.54, 1.807) is 42.5 Å². The fraction of sp³-hybridized carbons (Fsp3) is 0.143. The monoisotopic (exact) mass is 294 g/mol. The quantitative estimate of drug-likeness (QED) is 0.865. The fourth-order valence-electron chi connectivity index (χ4n) is 1.68. The summed E-state index contributed by atoms with van der Waals surface area (Å²) < 4.78 is 0. The summed E-state index contributed by atoms with van der Waals surface area (Å²) in [6.07, 6.45) is 3.40.